The van der Waals surface area contributed by atoms with Crippen molar-refractivity contribution in [2.24, 2.45) is 0 Å². The van der Waals surface area contributed by atoms with Crippen molar-refractivity contribution in [2.75, 3.05) is 18.0 Å². The predicted molar refractivity (Wildman–Crippen MR) is 123 cm³/mol. The molecule has 8 heteroatoms. The number of anilines is 1. The summed E-state index contributed by atoms with van der Waals surface area (Å²) in [6.45, 7) is 3.80. The van der Waals surface area contributed by atoms with Crippen LogP contribution in [0, 0.1) is 0 Å². The monoisotopic (exact) mass is 427 g/mol. The first kappa shape index (κ1) is 20.3. The third kappa shape index (κ3) is 3.73. The average Bonchev–Trinajstić information content (AvgIpc) is 3.29. The zero-order valence-electron chi connectivity index (χ0n) is 18.0. The average molecular weight is 428 g/mol. The number of piperidine rings is 1. The predicted octanol–water partition coefficient (Wildman–Crippen LogP) is 3.17. The third-order valence-electron chi connectivity index (χ3n) is 5.90. The van der Waals surface area contributed by atoms with Crippen LogP contribution in [0.3, 0.4) is 0 Å². The molecule has 1 aromatic carbocycles. The van der Waals surface area contributed by atoms with E-state index in [1.807, 2.05) is 53.4 Å². The summed E-state index contributed by atoms with van der Waals surface area (Å²) in [5.41, 5.74) is 3.90. The molecule has 0 unspecified atom stereocenters. The van der Waals surface area contributed by atoms with Crippen molar-refractivity contribution < 1.29 is 4.79 Å². The largest absolute Gasteiger partial charge is 0.315 e. The Kier molecular flexibility index (Phi) is 5.60. The maximum absolute atomic E-state index is 13.8. The molecule has 3 aromatic heterocycles. The molecule has 1 atom stereocenters. The minimum absolute atomic E-state index is 0.0256. The van der Waals surface area contributed by atoms with Gasteiger partial charge >= 0.3 is 0 Å². The summed E-state index contributed by atoms with van der Waals surface area (Å²) in [6.07, 6.45) is 6.16. The summed E-state index contributed by atoms with van der Waals surface area (Å²) in [5.74, 6) is 0.658. The van der Waals surface area contributed by atoms with Gasteiger partial charge in [-0.25, -0.2) is 9.97 Å². The number of carbonyl (C=O) groups excluding carboxylic acids is 1. The highest BCUT2D eigenvalue weighted by Gasteiger charge is 2.29. The van der Waals surface area contributed by atoms with Crippen LogP contribution in [0.4, 0.5) is 5.82 Å². The molecule has 8 nitrogen and oxygen atoms in total. The quantitative estimate of drug-likeness (QED) is 0.526. The lowest BCUT2D eigenvalue weighted by Gasteiger charge is -2.34. The first-order valence-corrected chi connectivity index (χ1v) is 11.0. The van der Waals surface area contributed by atoms with E-state index in [0.29, 0.717) is 23.4 Å². The molecule has 1 aliphatic rings. The van der Waals surface area contributed by atoms with Gasteiger partial charge in [0.1, 0.15) is 11.3 Å². The van der Waals surface area contributed by atoms with Gasteiger partial charge in [0.15, 0.2) is 5.65 Å². The van der Waals surface area contributed by atoms with Crippen molar-refractivity contribution in [1.82, 2.24) is 30.3 Å². The lowest BCUT2D eigenvalue weighted by Crippen LogP contribution is -2.49. The van der Waals surface area contributed by atoms with Crippen molar-refractivity contribution in [1.29, 1.82) is 0 Å². The summed E-state index contributed by atoms with van der Waals surface area (Å²) in [7, 11) is 0. The van der Waals surface area contributed by atoms with Gasteiger partial charge in [-0.15, -0.1) is 5.10 Å². The molecule has 0 aliphatic carbocycles. The molecule has 1 N–H and O–H groups in total. The molecule has 1 aliphatic heterocycles. The van der Waals surface area contributed by atoms with Crippen molar-refractivity contribution in [3.8, 4) is 5.69 Å². The minimum atomic E-state index is -0.0256. The van der Waals surface area contributed by atoms with E-state index >= 15 is 0 Å². The van der Waals surface area contributed by atoms with Crippen LogP contribution < -0.4 is 10.2 Å². The summed E-state index contributed by atoms with van der Waals surface area (Å²) < 4.78 is 1.71. The second-order valence-electron chi connectivity index (χ2n) is 7.91. The zero-order chi connectivity index (χ0) is 21.9. The Morgan fingerprint density at radius 2 is 2.06 bits per heavy atom. The summed E-state index contributed by atoms with van der Waals surface area (Å²) in [4.78, 5) is 24.6. The fraction of sp³-hybridized carbons (Fsp3) is 0.292. The number of benzene rings is 1. The van der Waals surface area contributed by atoms with Crippen LogP contribution in [-0.2, 0) is 6.42 Å². The van der Waals surface area contributed by atoms with Crippen molar-refractivity contribution in [3.63, 3.8) is 0 Å². The molecule has 5 rings (SSSR count). The van der Waals surface area contributed by atoms with Crippen LogP contribution in [0.25, 0.3) is 16.9 Å². The molecule has 1 fully saturated rings. The molecule has 1 saturated heterocycles. The number of hydrogen-bond acceptors (Lipinski definition) is 6. The number of fused-ring (bicyclic) bond motifs is 1. The van der Waals surface area contributed by atoms with Gasteiger partial charge in [0.25, 0.3) is 5.91 Å². The molecule has 4 heterocycles. The first-order chi connectivity index (χ1) is 15.8. The molecule has 0 radical (unpaired) electrons. The summed E-state index contributed by atoms with van der Waals surface area (Å²) in [5, 5.41) is 11.9. The fourth-order valence-electron chi connectivity index (χ4n) is 4.29. The van der Waals surface area contributed by atoms with E-state index in [1.165, 1.54) is 0 Å². The maximum Gasteiger partial charge on any atom is 0.260 e. The van der Waals surface area contributed by atoms with E-state index in [2.05, 4.69) is 32.5 Å². The Hall–Kier alpha value is -3.65. The summed E-state index contributed by atoms with van der Waals surface area (Å²) in [6, 6.07) is 15.3. The molecule has 0 spiro atoms. The van der Waals surface area contributed by atoms with Gasteiger partial charge in [-0.05, 0) is 73.8 Å². The summed E-state index contributed by atoms with van der Waals surface area (Å²) >= 11 is 0. The number of pyridine rings is 2. The van der Waals surface area contributed by atoms with Crippen LogP contribution in [0.1, 0.15) is 35.7 Å². The standard InChI is InChI=1S/C24H25N7O/c1-2-17-15-18(31-23-21(28-29-31)8-6-14-27-23)10-11-20(17)24(32)30(19-7-5-12-25-16-19)22-9-3-4-13-26-22/h3-4,6,8-11,13-15,19,25H,2,5,7,12,16H2,1H3/t19-/m1/s1. The van der Waals surface area contributed by atoms with Gasteiger partial charge in [0.2, 0.25) is 0 Å². The van der Waals surface area contributed by atoms with Gasteiger partial charge in [0, 0.05) is 24.5 Å². The SMILES string of the molecule is CCc1cc(-n2nnc3cccnc32)ccc1C(=O)N(c1ccccn1)[C@@H]1CCCNC1. The van der Waals surface area contributed by atoms with Gasteiger partial charge in [0.05, 0.1) is 11.7 Å². The molecule has 162 valence electrons. The van der Waals surface area contributed by atoms with Crippen LogP contribution in [-0.4, -0.2) is 50.0 Å². The maximum atomic E-state index is 13.8. The molecular weight excluding hydrogens is 402 g/mol. The second-order valence-corrected chi connectivity index (χ2v) is 7.91. The lowest BCUT2D eigenvalue weighted by molar-refractivity contribution is 0.0970. The van der Waals surface area contributed by atoms with Gasteiger partial charge in [-0.2, -0.15) is 4.68 Å². The molecule has 0 bridgehead atoms. The van der Waals surface area contributed by atoms with E-state index in [9.17, 15) is 4.79 Å². The van der Waals surface area contributed by atoms with Crippen molar-refractivity contribution in [2.45, 2.75) is 32.2 Å². The number of nitrogens with one attached hydrogen (secondary N) is 1. The smallest absolute Gasteiger partial charge is 0.260 e. The van der Waals surface area contributed by atoms with E-state index in [0.717, 1.165) is 42.7 Å². The number of carbonyl (C=O) groups is 1. The van der Waals surface area contributed by atoms with Crippen molar-refractivity contribution >= 4 is 22.9 Å². The normalized spacial score (nSPS) is 16.2. The van der Waals surface area contributed by atoms with Gasteiger partial charge < -0.3 is 5.32 Å². The van der Waals surface area contributed by atoms with E-state index in [4.69, 9.17) is 0 Å². The van der Waals surface area contributed by atoms with Crippen LogP contribution in [0.15, 0.2) is 60.9 Å². The zero-order valence-corrected chi connectivity index (χ0v) is 18.0. The number of hydrogen-bond donors (Lipinski definition) is 1. The number of aryl methyl sites for hydroxylation is 1. The Labute approximate surface area is 186 Å². The Balaban J connectivity index is 1.54. The van der Waals surface area contributed by atoms with Crippen LogP contribution >= 0.6 is 0 Å². The molecular formula is C24H25N7O. The second kappa shape index (κ2) is 8.84. The Morgan fingerprint density at radius 3 is 2.84 bits per heavy atom. The van der Waals surface area contributed by atoms with E-state index in [1.54, 1.807) is 17.1 Å². The number of amides is 1. The highest BCUT2D eigenvalue weighted by molar-refractivity contribution is 6.07. The third-order valence-corrected chi connectivity index (χ3v) is 5.90. The van der Waals surface area contributed by atoms with Gasteiger partial charge in [-0.1, -0.05) is 18.2 Å². The fourth-order valence-corrected chi connectivity index (χ4v) is 4.29. The van der Waals surface area contributed by atoms with Crippen LogP contribution in [0.2, 0.25) is 0 Å². The first-order valence-electron chi connectivity index (χ1n) is 11.0. The Morgan fingerprint density at radius 1 is 1.16 bits per heavy atom. The topological polar surface area (TPSA) is 88.8 Å². The van der Waals surface area contributed by atoms with E-state index in [-0.39, 0.29) is 11.9 Å². The Bertz CT molecular complexity index is 1230. The number of nitrogens with zero attached hydrogens (tertiary/aromatic N) is 6. The van der Waals surface area contributed by atoms with Crippen molar-refractivity contribution in [3.05, 3.63) is 72.1 Å². The number of aromatic nitrogens is 5. The minimum Gasteiger partial charge on any atom is -0.315 e. The molecule has 0 saturated carbocycles. The highest BCUT2D eigenvalue weighted by Crippen LogP contribution is 2.25. The van der Waals surface area contributed by atoms with Gasteiger partial charge in [-0.3, -0.25) is 9.69 Å². The molecule has 32 heavy (non-hydrogen) atoms. The number of rotatable bonds is 5. The van der Waals surface area contributed by atoms with Crippen LogP contribution in [0.5, 0.6) is 0 Å². The highest BCUT2D eigenvalue weighted by atomic mass is 16.2. The lowest BCUT2D eigenvalue weighted by atomic mass is 10.00. The molecule has 4 aromatic rings. The van der Waals surface area contributed by atoms with E-state index < -0.39 is 0 Å². The molecule has 1 amide bonds.